The lowest BCUT2D eigenvalue weighted by atomic mass is 10.2. The summed E-state index contributed by atoms with van der Waals surface area (Å²) in [4.78, 5) is 15.7. The molecule has 92 valence electrons. The third-order valence-electron chi connectivity index (χ3n) is 2.20. The van der Waals surface area contributed by atoms with Crippen LogP contribution in [-0.2, 0) is 0 Å². The van der Waals surface area contributed by atoms with Gasteiger partial charge in [-0.15, -0.1) is 0 Å². The molecule has 0 unspecified atom stereocenters. The van der Waals surface area contributed by atoms with Crippen LogP contribution in [-0.4, -0.2) is 10.9 Å². The lowest BCUT2D eigenvalue weighted by Crippen LogP contribution is -2.12. The topological polar surface area (TPSA) is 42.0 Å². The molecule has 0 aliphatic heterocycles. The zero-order valence-corrected chi connectivity index (χ0v) is 11.3. The number of anilines is 1. The molecule has 6 heteroatoms. The smallest absolute Gasteiger partial charge is 0.255 e. The molecule has 0 radical (unpaired) electrons. The van der Waals surface area contributed by atoms with Crippen molar-refractivity contribution < 1.29 is 9.18 Å². The fourth-order valence-corrected chi connectivity index (χ4v) is 1.70. The van der Waals surface area contributed by atoms with Gasteiger partial charge < -0.3 is 5.32 Å². The van der Waals surface area contributed by atoms with Gasteiger partial charge in [0, 0.05) is 11.8 Å². The van der Waals surface area contributed by atoms with E-state index in [1.54, 1.807) is 6.07 Å². The van der Waals surface area contributed by atoms with Gasteiger partial charge in [0.15, 0.2) is 0 Å². The Balaban J connectivity index is 2.22. The third-order valence-corrected chi connectivity index (χ3v) is 3.17. The van der Waals surface area contributed by atoms with Gasteiger partial charge in [-0.1, -0.05) is 11.6 Å². The predicted octanol–water partition coefficient (Wildman–Crippen LogP) is 3.89. The molecule has 0 aliphatic carbocycles. The second-order valence-electron chi connectivity index (χ2n) is 3.44. The first-order valence-corrected chi connectivity index (χ1v) is 6.11. The second-order valence-corrected chi connectivity index (χ2v) is 4.70. The molecule has 0 aliphatic rings. The zero-order valence-electron chi connectivity index (χ0n) is 8.95. The molecule has 0 bridgehead atoms. The highest BCUT2D eigenvalue weighted by molar-refractivity contribution is 9.10. The summed E-state index contributed by atoms with van der Waals surface area (Å²) in [6, 6.07) is 5.67. The maximum absolute atomic E-state index is 13.3. The summed E-state index contributed by atoms with van der Waals surface area (Å²) in [5.74, 6) is -0.948. The van der Waals surface area contributed by atoms with Gasteiger partial charge in [-0.05, 0) is 40.2 Å². The van der Waals surface area contributed by atoms with E-state index in [-0.39, 0.29) is 5.56 Å². The first kappa shape index (κ1) is 13.0. The largest absolute Gasteiger partial charge is 0.319 e. The molecular weight excluding hydrogens is 322 g/mol. The maximum atomic E-state index is 13.3. The van der Waals surface area contributed by atoms with Crippen molar-refractivity contribution in [3.63, 3.8) is 0 Å². The van der Waals surface area contributed by atoms with Gasteiger partial charge in [-0.25, -0.2) is 4.39 Å². The number of carbonyl (C=O) groups excluding carboxylic acids is 1. The molecule has 3 nitrogen and oxygen atoms in total. The van der Waals surface area contributed by atoms with Gasteiger partial charge in [-0.2, -0.15) is 0 Å². The van der Waals surface area contributed by atoms with Crippen molar-refractivity contribution in [3.05, 3.63) is 57.5 Å². The first-order valence-electron chi connectivity index (χ1n) is 4.94. The van der Waals surface area contributed by atoms with E-state index < -0.39 is 11.7 Å². The minimum atomic E-state index is -0.500. The van der Waals surface area contributed by atoms with E-state index in [1.807, 2.05) is 0 Å². The Hall–Kier alpha value is -1.46. The van der Waals surface area contributed by atoms with E-state index in [0.717, 1.165) is 6.07 Å². The molecule has 0 atom stereocenters. The summed E-state index contributed by atoms with van der Waals surface area (Å²) in [7, 11) is 0. The van der Waals surface area contributed by atoms with Crippen LogP contribution in [0.3, 0.4) is 0 Å². The summed E-state index contributed by atoms with van der Waals surface area (Å²) in [5.41, 5.74) is 0.586. The SMILES string of the molecule is O=C(Nc1cnccc1Cl)c1ccc(Br)c(F)c1. The van der Waals surface area contributed by atoms with Crippen LogP contribution < -0.4 is 5.32 Å². The third kappa shape index (κ3) is 2.86. The molecule has 2 aromatic rings. The van der Waals surface area contributed by atoms with Gasteiger partial charge in [0.25, 0.3) is 5.91 Å². The molecule has 2 rings (SSSR count). The summed E-state index contributed by atoms with van der Waals surface area (Å²) in [6.07, 6.45) is 2.94. The minimum Gasteiger partial charge on any atom is -0.319 e. The van der Waals surface area contributed by atoms with E-state index in [1.165, 1.54) is 24.5 Å². The number of amides is 1. The van der Waals surface area contributed by atoms with Crippen molar-refractivity contribution in [2.45, 2.75) is 0 Å². The van der Waals surface area contributed by atoms with Gasteiger partial charge >= 0.3 is 0 Å². The molecule has 1 aromatic heterocycles. The fourth-order valence-electron chi connectivity index (χ4n) is 1.30. The average Bonchev–Trinajstić information content (AvgIpc) is 2.35. The first-order chi connectivity index (χ1) is 8.58. The predicted molar refractivity (Wildman–Crippen MR) is 71.3 cm³/mol. The van der Waals surface area contributed by atoms with E-state index in [2.05, 4.69) is 26.2 Å². The van der Waals surface area contributed by atoms with Crippen LogP contribution in [0, 0.1) is 5.82 Å². The van der Waals surface area contributed by atoms with Gasteiger partial charge in [0.05, 0.1) is 21.4 Å². The number of rotatable bonds is 2. The lowest BCUT2D eigenvalue weighted by molar-refractivity contribution is 0.102. The Morgan fingerprint density at radius 3 is 2.83 bits per heavy atom. The van der Waals surface area contributed by atoms with E-state index >= 15 is 0 Å². The molecule has 1 amide bonds. The molecule has 0 saturated heterocycles. The van der Waals surface area contributed by atoms with Crippen molar-refractivity contribution in [3.8, 4) is 0 Å². The number of carbonyl (C=O) groups is 1. The van der Waals surface area contributed by atoms with Crippen molar-refractivity contribution in [1.29, 1.82) is 0 Å². The molecule has 1 aromatic carbocycles. The summed E-state index contributed by atoms with van der Waals surface area (Å²) in [5, 5.41) is 2.93. The van der Waals surface area contributed by atoms with Crippen LogP contribution in [0.1, 0.15) is 10.4 Å². The fraction of sp³-hybridized carbons (Fsp3) is 0. The number of hydrogen-bond acceptors (Lipinski definition) is 2. The van der Waals surface area contributed by atoms with Crippen LogP contribution >= 0.6 is 27.5 Å². The van der Waals surface area contributed by atoms with Crippen LogP contribution in [0.25, 0.3) is 0 Å². The number of aromatic nitrogens is 1. The minimum absolute atomic E-state index is 0.204. The van der Waals surface area contributed by atoms with Crippen LogP contribution in [0.15, 0.2) is 41.1 Å². The zero-order chi connectivity index (χ0) is 13.1. The molecule has 1 heterocycles. The molecule has 0 saturated carbocycles. The van der Waals surface area contributed by atoms with Gasteiger partial charge in [-0.3, -0.25) is 9.78 Å². The highest BCUT2D eigenvalue weighted by atomic mass is 79.9. The van der Waals surface area contributed by atoms with Crippen LogP contribution in [0.5, 0.6) is 0 Å². The van der Waals surface area contributed by atoms with E-state index in [4.69, 9.17) is 11.6 Å². The van der Waals surface area contributed by atoms with Crippen molar-refractivity contribution in [2.75, 3.05) is 5.32 Å². The highest BCUT2D eigenvalue weighted by Crippen LogP contribution is 2.21. The summed E-state index contributed by atoms with van der Waals surface area (Å²) in [6.45, 7) is 0. The molecule has 0 spiro atoms. The number of nitrogens with zero attached hydrogens (tertiary/aromatic N) is 1. The quantitative estimate of drug-likeness (QED) is 0.908. The standard InChI is InChI=1S/C12H7BrClFN2O/c13-8-2-1-7(5-10(8)15)12(18)17-11-6-16-4-3-9(11)14/h1-6H,(H,17,18). The molecule has 0 fully saturated rings. The van der Waals surface area contributed by atoms with E-state index in [9.17, 15) is 9.18 Å². The molecular formula is C12H7BrClFN2O. The monoisotopic (exact) mass is 328 g/mol. The van der Waals surface area contributed by atoms with E-state index in [0.29, 0.717) is 15.2 Å². The Labute approximate surface area is 116 Å². The highest BCUT2D eigenvalue weighted by Gasteiger charge is 2.10. The lowest BCUT2D eigenvalue weighted by Gasteiger charge is -2.06. The maximum Gasteiger partial charge on any atom is 0.255 e. The number of halogens is 3. The summed E-state index contributed by atoms with van der Waals surface area (Å²) < 4.78 is 13.6. The number of benzene rings is 1. The Kier molecular flexibility index (Phi) is 3.93. The number of hydrogen-bond donors (Lipinski definition) is 1. The molecule has 1 N–H and O–H groups in total. The second kappa shape index (κ2) is 5.46. The van der Waals surface area contributed by atoms with Crippen molar-refractivity contribution in [1.82, 2.24) is 4.98 Å². The Morgan fingerprint density at radius 1 is 1.39 bits per heavy atom. The van der Waals surface area contributed by atoms with Crippen LogP contribution in [0.2, 0.25) is 5.02 Å². The Morgan fingerprint density at radius 2 is 2.17 bits per heavy atom. The number of nitrogens with one attached hydrogen (secondary N) is 1. The van der Waals surface area contributed by atoms with Gasteiger partial charge in [0.1, 0.15) is 5.82 Å². The number of pyridine rings is 1. The van der Waals surface area contributed by atoms with Crippen molar-refractivity contribution >= 4 is 39.1 Å². The Bertz CT molecular complexity index is 606. The molecule has 18 heavy (non-hydrogen) atoms. The van der Waals surface area contributed by atoms with Crippen LogP contribution in [0.4, 0.5) is 10.1 Å². The van der Waals surface area contributed by atoms with Crippen molar-refractivity contribution in [2.24, 2.45) is 0 Å². The average molecular weight is 330 g/mol. The summed E-state index contributed by atoms with van der Waals surface area (Å²) >= 11 is 8.90. The normalized spacial score (nSPS) is 10.2. The van der Waals surface area contributed by atoms with Gasteiger partial charge in [0.2, 0.25) is 0 Å².